The van der Waals surface area contributed by atoms with Crippen molar-refractivity contribution in [1.29, 1.82) is 0 Å². The van der Waals surface area contributed by atoms with Crippen LogP contribution in [-0.2, 0) is 16.1 Å². The van der Waals surface area contributed by atoms with E-state index in [1.807, 2.05) is 19.1 Å². The van der Waals surface area contributed by atoms with Crippen LogP contribution in [0.2, 0.25) is 0 Å². The fraction of sp³-hybridized carbons (Fsp3) is 0.368. The molecule has 0 saturated carbocycles. The summed E-state index contributed by atoms with van der Waals surface area (Å²) in [5.74, 6) is -2.09. The molecule has 0 radical (unpaired) electrons. The third kappa shape index (κ3) is 3.24. The Morgan fingerprint density at radius 2 is 2.07 bits per heavy atom. The van der Waals surface area contributed by atoms with E-state index < -0.39 is 17.4 Å². The number of aryl methyl sites for hydroxylation is 1. The number of carboxylic acids is 1. The van der Waals surface area contributed by atoms with Crippen LogP contribution in [0.4, 0.5) is 5.69 Å². The Kier molecular flexibility index (Phi) is 5.19. The van der Waals surface area contributed by atoms with E-state index in [2.05, 4.69) is 10.4 Å². The van der Waals surface area contributed by atoms with E-state index in [1.165, 1.54) is 22.8 Å². The van der Waals surface area contributed by atoms with E-state index in [0.29, 0.717) is 12.3 Å². The van der Waals surface area contributed by atoms with Gasteiger partial charge in [-0.25, -0.2) is 4.79 Å². The molecule has 28 heavy (non-hydrogen) atoms. The Labute approximate surface area is 161 Å². The highest BCUT2D eigenvalue weighted by Gasteiger charge is 2.49. The maximum Gasteiger partial charge on any atom is 0.356 e. The maximum absolute atomic E-state index is 13.3. The maximum atomic E-state index is 13.3. The number of ether oxygens (including phenoxy) is 1. The van der Waals surface area contributed by atoms with E-state index in [0.717, 1.165) is 5.56 Å². The molecule has 9 nitrogen and oxygen atoms in total. The predicted molar refractivity (Wildman–Crippen MR) is 100 cm³/mol. The molecule has 2 amide bonds. The number of nitrogens with one attached hydrogen (secondary N) is 1. The van der Waals surface area contributed by atoms with Gasteiger partial charge >= 0.3 is 5.97 Å². The molecule has 1 aromatic heterocycles. The molecular formula is C19H22N4O5. The molecule has 3 rings (SSSR count). The van der Waals surface area contributed by atoms with Crippen LogP contribution in [0, 0.1) is 6.92 Å². The minimum atomic E-state index is -1.30. The lowest BCUT2D eigenvalue weighted by atomic mass is 9.93. The molecule has 1 unspecified atom stereocenters. The first-order valence-electron chi connectivity index (χ1n) is 8.78. The van der Waals surface area contributed by atoms with Crippen LogP contribution >= 0.6 is 0 Å². The quantitative estimate of drug-likeness (QED) is 0.718. The van der Waals surface area contributed by atoms with E-state index >= 15 is 0 Å². The number of fused-ring (bicyclic) bond motifs is 1. The number of rotatable bonds is 6. The van der Waals surface area contributed by atoms with Gasteiger partial charge in [0, 0.05) is 25.4 Å². The van der Waals surface area contributed by atoms with E-state index in [4.69, 9.17) is 4.74 Å². The van der Waals surface area contributed by atoms with Crippen molar-refractivity contribution in [3.8, 4) is 0 Å². The van der Waals surface area contributed by atoms with Gasteiger partial charge in [-0.1, -0.05) is 18.2 Å². The molecule has 9 heteroatoms. The number of hydrogen-bond donors (Lipinski definition) is 2. The molecule has 148 valence electrons. The summed E-state index contributed by atoms with van der Waals surface area (Å²) in [6.45, 7) is 4.13. The molecule has 2 N–H and O–H groups in total. The standard InChI is InChI=1S/C19H22N4O5/c1-12-6-4-5-7-14(12)23-16(24)15-10-13(17(25)26)21-22(15)11-19(23,2)18(27)20-8-9-28-3/h4-7,10H,8-9,11H2,1-3H3,(H,20,27)(H,25,26). The smallest absolute Gasteiger partial charge is 0.356 e. The Morgan fingerprint density at radius 1 is 1.36 bits per heavy atom. The van der Waals surface area contributed by atoms with Gasteiger partial charge in [0.05, 0.1) is 13.2 Å². The Hall–Kier alpha value is -3.20. The summed E-state index contributed by atoms with van der Waals surface area (Å²) >= 11 is 0. The van der Waals surface area contributed by atoms with Crippen molar-refractivity contribution in [2.75, 3.05) is 25.2 Å². The fourth-order valence-electron chi connectivity index (χ4n) is 3.33. The first kappa shape index (κ1) is 19.6. The predicted octanol–water partition coefficient (Wildman–Crippen LogP) is 1.07. The van der Waals surface area contributed by atoms with Crippen molar-refractivity contribution >= 4 is 23.5 Å². The summed E-state index contributed by atoms with van der Waals surface area (Å²) in [6.07, 6.45) is 0. The SMILES string of the molecule is COCCNC(=O)C1(C)Cn2nc(C(=O)O)cc2C(=O)N1c1ccccc1C. The summed E-state index contributed by atoms with van der Waals surface area (Å²) in [5.41, 5.74) is -0.00880. The van der Waals surface area contributed by atoms with Crippen LogP contribution in [-0.4, -0.2) is 58.5 Å². The number of aromatic carboxylic acids is 1. The van der Waals surface area contributed by atoms with Crippen molar-refractivity contribution in [1.82, 2.24) is 15.1 Å². The minimum Gasteiger partial charge on any atom is -0.476 e. The van der Waals surface area contributed by atoms with Crippen LogP contribution in [0.1, 0.15) is 33.5 Å². The molecule has 1 aromatic carbocycles. The Balaban J connectivity index is 2.11. The molecule has 2 heterocycles. The van der Waals surface area contributed by atoms with Gasteiger partial charge in [0.2, 0.25) is 5.91 Å². The van der Waals surface area contributed by atoms with Gasteiger partial charge in [0.15, 0.2) is 5.69 Å². The van der Waals surface area contributed by atoms with Gasteiger partial charge in [-0.3, -0.25) is 19.2 Å². The number of anilines is 1. The number of para-hydroxylation sites is 1. The molecule has 0 bridgehead atoms. The molecule has 1 aliphatic heterocycles. The normalized spacial score (nSPS) is 18.7. The molecule has 0 fully saturated rings. The largest absolute Gasteiger partial charge is 0.476 e. The number of hydrogen-bond acceptors (Lipinski definition) is 5. The van der Waals surface area contributed by atoms with Gasteiger partial charge < -0.3 is 15.2 Å². The Morgan fingerprint density at radius 3 is 2.71 bits per heavy atom. The number of nitrogens with zero attached hydrogens (tertiary/aromatic N) is 3. The summed E-state index contributed by atoms with van der Waals surface area (Å²) in [6, 6.07) is 8.47. The second kappa shape index (κ2) is 7.43. The van der Waals surface area contributed by atoms with Crippen LogP contribution in [0.15, 0.2) is 30.3 Å². The average molecular weight is 386 g/mol. The topological polar surface area (TPSA) is 114 Å². The number of amides is 2. The van der Waals surface area contributed by atoms with Crippen molar-refractivity contribution in [2.24, 2.45) is 0 Å². The Bertz CT molecular complexity index is 938. The zero-order chi connectivity index (χ0) is 20.5. The molecule has 0 aliphatic carbocycles. The van der Waals surface area contributed by atoms with Crippen LogP contribution in [0.5, 0.6) is 0 Å². The summed E-state index contributed by atoms with van der Waals surface area (Å²) in [5, 5.41) is 16.0. The number of methoxy groups -OCH3 is 1. The third-order valence-electron chi connectivity index (χ3n) is 4.81. The second-order valence-electron chi connectivity index (χ2n) is 6.83. The molecular weight excluding hydrogens is 364 g/mol. The number of carbonyl (C=O) groups excluding carboxylic acids is 2. The highest BCUT2D eigenvalue weighted by Crippen LogP contribution is 2.34. The number of benzene rings is 1. The lowest BCUT2D eigenvalue weighted by Crippen LogP contribution is -2.65. The summed E-state index contributed by atoms with van der Waals surface area (Å²) in [7, 11) is 1.53. The zero-order valence-corrected chi connectivity index (χ0v) is 15.9. The highest BCUT2D eigenvalue weighted by atomic mass is 16.5. The number of carboxylic acid groups (broad SMARTS) is 1. The van der Waals surface area contributed by atoms with Crippen LogP contribution in [0.3, 0.4) is 0 Å². The van der Waals surface area contributed by atoms with E-state index in [1.54, 1.807) is 19.1 Å². The highest BCUT2D eigenvalue weighted by molar-refractivity contribution is 6.12. The van der Waals surface area contributed by atoms with Gasteiger partial charge in [0.1, 0.15) is 11.2 Å². The molecule has 1 aliphatic rings. The first-order chi connectivity index (χ1) is 13.3. The average Bonchev–Trinajstić information content (AvgIpc) is 3.07. The van der Waals surface area contributed by atoms with Gasteiger partial charge in [-0.15, -0.1) is 0 Å². The molecule has 2 aromatic rings. The molecule has 0 saturated heterocycles. The lowest BCUT2D eigenvalue weighted by Gasteiger charge is -2.43. The van der Waals surface area contributed by atoms with Crippen molar-refractivity contribution < 1.29 is 24.2 Å². The van der Waals surface area contributed by atoms with Crippen molar-refractivity contribution in [2.45, 2.75) is 25.9 Å². The van der Waals surface area contributed by atoms with Gasteiger partial charge in [0.25, 0.3) is 5.91 Å². The van der Waals surface area contributed by atoms with E-state index in [-0.39, 0.29) is 30.4 Å². The second-order valence-corrected chi connectivity index (χ2v) is 6.83. The van der Waals surface area contributed by atoms with Crippen LogP contribution in [0.25, 0.3) is 0 Å². The first-order valence-corrected chi connectivity index (χ1v) is 8.78. The number of aromatic nitrogens is 2. The van der Waals surface area contributed by atoms with Crippen molar-refractivity contribution in [3.63, 3.8) is 0 Å². The monoisotopic (exact) mass is 386 g/mol. The third-order valence-corrected chi connectivity index (χ3v) is 4.81. The van der Waals surface area contributed by atoms with Crippen LogP contribution < -0.4 is 10.2 Å². The number of carbonyl (C=O) groups is 3. The molecule has 0 spiro atoms. The zero-order valence-electron chi connectivity index (χ0n) is 15.9. The van der Waals surface area contributed by atoms with E-state index in [9.17, 15) is 19.5 Å². The molecule has 1 atom stereocenters. The van der Waals surface area contributed by atoms with Gasteiger partial charge in [-0.2, -0.15) is 5.10 Å². The van der Waals surface area contributed by atoms with Gasteiger partial charge in [-0.05, 0) is 25.5 Å². The summed E-state index contributed by atoms with van der Waals surface area (Å²) in [4.78, 5) is 39.1. The minimum absolute atomic E-state index is 0.0223. The fourth-order valence-corrected chi connectivity index (χ4v) is 3.33. The lowest BCUT2D eigenvalue weighted by molar-refractivity contribution is -0.126. The summed E-state index contributed by atoms with van der Waals surface area (Å²) < 4.78 is 6.26. The van der Waals surface area contributed by atoms with Crippen molar-refractivity contribution in [3.05, 3.63) is 47.3 Å².